The van der Waals surface area contributed by atoms with Gasteiger partial charge in [-0.05, 0) is 17.9 Å². The minimum Gasteiger partial charge on any atom is -0.481 e. The molecule has 6 atom stereocenters. The van der Waals surface area contributed by atoms with Gasteiger partial charge in [-0.3, -0.25) is 19.2 Å². The Balaban J connectivity index is 2.43. The number of hydrogen-bond acceptors (Lipinski definition) is 8. The normalized spacial score (nSPS) is 19.8. The molecule has 11 nitrogen and oxygen atoms in total. The summed E-state index contributed by atoms with van der Waals surface area (Å²) >= 11 is 0. The first-order valence-corrected chi connectivity index (χ1v) is 13.9. The number of benzene rings is 1. The number of nitrogens with two attached hydrogens (primary N) is 1. The molecule has 1 aliphatic heterocycles. The zero-order valence-electron chi connectivity index (χ0n) is 24.0. The van der Waals surface area contributed by atoms with E-state index in [2.05, 4.69) is 5.32 Å². The number of esters is 2. The SMILES string of the molecule is CCC(=O)OC1CCN(C(=O)C(N)C(C)C)C1C(CC(=O)O)OC(=O)C(Cc1ccccc1)NC(=O)C(C)CC. The first kappa shape index (κ1) is 32.7. The molecule has 6 unspecified atom stereocenters. The Hall–Kier alpha value is -3.47. The van der Waals surface area contributed by atoms with E-state index < -0.39 is 60.6 Å². The Bertz CT molecular complexity index is 1030. The van der Waals surface area contributed by atoms with Crippen molar-refractivity contribution in [1.82, 2.24) is 10.2 Å². The lowest BCUT2D eigenvalue weighted by Gasteiger charge is -2.35. The summed E-state index contributed by atoms with van der Waals surface area (Å²) in [4.78, 5) is 65.1. The van der Waals surface area contributed by atoms with E-state index in [-0.39, 0.29) is 43.6 Å². The average molecular weight is 562 g/mol. The highest BCUT2D eigenvalue weighted by Crippen LogP contribution is 2.29. The predicted octanol–water partition coefficient (Wildman–Crippen LogP) is 2.05. The molecule has 2 amide bonds. The zero-order valence-corrected chi connectivity index (χ0v) is 24.0. The second-order valence-corrected chi connectivity index (χ2v) is 10.6. The van der Waals surface area contributed by atoms with E-state index in [1.165, 1.54) is 4.90 Å². The standard InChI is InChI=1S/C29H43N3O8/c1-6-18(5)27(36)31-20(15-19-11-9-8-10-12-19)29(38)40-22(16-23(33)34)26-21(39-24(35)7-2)13-14-32(26)28(37)25(30)17(3)4/h8-12,17-18,20-22,25-26H,6-7,13-16,30H2,1-5H3,(H,31,36)(H,33,34). The van der Waals surface area contributed by atoms with Crippen LogP contribution in [-0.4, -0.2) is 76.6 Å². The first-order valence-electron chi connectivity index (χ1n) is 13.9. The summed E-state index contributed by atoms with van der Waals surface area (Å²) in [5, 5.41) is 12.5. The molecule has 0 saturated carbocycles. The number of ether oxygens (including phenoxy) is 2. The number of hydrogen-bond donors (Lipinski definition) is 3. The fourth-order valence-electron chi connectivity index (χ4n) is 4.52. The number of rotatable bonds is 14. The average Bonchev–Trinajstić information content (AvgIpc) is 3.34. The third-order valence-electron chi connectivity index (χ3n) is 7.22. The molecule has 1 saturated heterocycles. The van der Waals surface area contributed by atoms with E-state index >= 15 is 0 Å². The Morgan fingerprint density at radius 3 is 2.30 bits per heavy atom. The van der Waals surface area contributed by atoms with E-state index in [9.17, 15) is 29.1 Å². The molecule has 0 bridgehead atoms. The third kappa shape index (κ3) is 9.04. The fraction of sp³-hybridized carbons (Fsp3) is 0.621. The maximum Gasteiger partial charge on any atom is 0.329 e. The first-order chi connectivity index (χ1) is 18.9. The van der Waals surface area contributed by atoms with Crippen LogP contribution in [0.4, 0.5) is 0 Å². The molecule has 0 aromatic heterocycles. The molecule has 0 aliphatic carbocycles. The molecule has 1 aliphatic rings. The molecule has 1 fully saturated rings. The van der Waals surface area contributed by atoms with Gasteiger partial charge >= 0.3 is 17.9 Å². The van der Waals surface area contributed by atoms with E-state index in [1.54, 1.807) is 52.0 Å². The Morgan fingerprint density at radius 1 is 1.10 bits per heavy atom. The van der Waals surface area contributed by atoms with Crippen molar-refractivity contribution in [2.45, 2.75) is 97.1 Å². The van der Waals surface area contributed by atoms with Gasteiger partial charge in [0.2, 0.25) is 11.8 Å². The lowest BCUT2D eigenvalue weighted by molar-refractivity contribution is -0.168. The van der Waals surface area contributed by atoms with Gasteiger partial charge in [0.05, 0.1) is 12.5 Å². The van der Waals surface area contributed by atoms with Crippen LogP contribution in [0.2, 0.25) is 0 Å². The van der Waals surface area contributed by atoms with Crippen LogP contribution in [0.3, 0.4) is 0 Å². The summed E-state index contributed by atoms with van der Waals surface area (Å²) in [5.41, 5.74) is 6.90. The molecule has 11 heteroatoms. The van der Waals surface area contributed by atoms with E-state index in [1.807, 2.05) is 13.0 Å². The lowest BCUT2D eigenvalue weighted by Crippen LogP contribution is -2.56. The summed E-state index contributed by atoms with van der Waals surface area (Å²) < 4.78 is 11.4. The molecule has 0 radical (unpaired) electrons. The van der Waals surface area contributed by atoms with Gasteiger partial charge in [0, 0.05) is 31.7 Å². The summed E-state index contributed by atoms with van der Waals surface area (Å²) in [7, 11) is 0. The third-order valence-corrected chi connectivity index (χ3v) is 7.22. The van der Waals surface area contributed by atoms with Gasteiger partial charge in [-0.1, -0.05) is 65.0 Å². The van der Waals surface area contributed by atoms with Crippen LogP contribution in [0.1, 0.15) is 65.9 Å². The van der Waals surface area contributed by atoms with Gasteiger partial charge in [-0.2, -0.15) is 0 Å². The molecule has 222 valence electrons. The quantitative estimate of drug-likeness (QED) is 0.288. The van der Waals surface area contributed by atoms with E-state index in [0.29, 0.717) is 6.42 Å². The minimum absolute atomic E-state index is 0.0762. The van der Waals surface area contributed by atoms with Crippen LogP contribution in [0.25, 0.3) is 0 Å². The fourth-order valence-corrected chi connectivity index (χ4v) is 4.52. The number of carboxylic acid groups (broad SMARTS) is 1. The molecule has 2 rings (SSSR count). The maximum atomic E-state index is 13.6. The van der Waals surface area contributed by atoms with Crippen molar-refractivity contribution in [3.8, 4) is 0 Å². The minimum atomic E-state index is -1.36. The molecule has 1 heterocycles. The van der Waals surface area contributed by atoms with Crippen LogP contribution in [0.5, 0.6) is 0 Å². The number of amides is 2. The molecule has 0 spiro atoms. The highest BCUT2D eigenvalue weighted by Gasteiger charge is 2.48. The smallest absolute Gasteiger partial charge is 0.329 e. The molecule has 40 heavy (non-hydrogen) atoms. The summed E-state index contributed by atoms with van der Waals surface area (Å²) in [6.07, 6.45) is -1.92. The maximum absolute atomic E-state index is 13.6. The van der Waals surface area contributed by atoms with Crippen LogP contribution in [0.15, 0.2) is 30.3 Å². The van der Waals surface area contributed by atoms with Crippen LogP contribution in [0, 0.1) is 11.8 Å². The van der Waals surface area contributed by atoms with Crippen molar-refractivity contribution < 1.29 is 38.6 Å². The lowest BCUT2D eigenvalue weighted by atomic mass is 9.99. The molecular formula is C29H43N3O8. The zero-order chi connectivity index (χ0) is 30.0. The summed E-state index contributed by atoms with van der Waals surface area (Å²) in [6, 6.07) is 5.97. The number of likely N-dealkylation sites (tertiary alicyclic amines) is 1. The molecule has 1 aromatic carbocycles. The number of carboxylic acids is 1. The van der Waals surface area contributed by atoms with Gasteiger partial charge in [-0.15, -0.1) is 0 Å². The monoisotopic (exact) mass is 561 g/mol. The van der Waals surface area contributed by atoms with Gasteiger partial charge in [-0.25, -0.2) is 4.79 Å². The highest BCUT2D eigenvalue weighted by molar-refractivity contribution is 5.86. The van der Waals surface area contributed by atoms with Gasteiger partial charge in [0.1, 0.15) is 24.3 Å². The summed E-state index contributed by atoms with van der Waals surface area (Å²) in [5.74, 6) is -4.01. The van der Waals surface area contributed by atoms with Crippen LogP contribution < -0.4 is 11.1 Å². The Labute approximate surface area is 235 Å². The number of carbonyl (C=O) groups excluding carboxylic acids is 4. The van der Waals surface area contributed by atoms with Crippen LogP contribution in [-0.2, 0) is 39.9 Å². The van der Waals surface area contributed by atoms with Crippen molar-refractivity contribution in [2.75, 3.05) is 6.54 Å². The summed E-state index contributed by atoms with van der Waals surface area (Å²) in [6.45, 7) is 8.92. The van der Waals surface area contributed by atoms with Crippen molar-refractivity contribution in [3.63, 3.8) is 0 Å². The topological polar surface area (TPSA) is 165 Å². The largest absolute Gasteiger partial charge is 0.481 e. The second-order valence-electron chi connectivity index (χ2n) is 10.6. The van der Waals surface area contributed by atoms with Gasteiger partial charge in [0.15, 0.2) is 0 Å². The second kappa shape index (κ2) is 15.4. The number of aliphatic carboxylic acids is 1. The van der Waals surface area contributed by atoms with Crippen molar-refractivity contribution in [1.29, 1.82) is 0 Å². The van der Waals surface area contributed by atoms with E-state index in [4.69, 9.17) is 15.2 Å². The van der Waals surface area contributed by atoms with Crippen molar-refractivity contribution in [3.05, 3.63) is 35.9 Å². The van der Waals surface area contributed by atoms with Gasteiger partial charge < -0.3 is 30.5 Å². The molecule has 1 aromatic rings. The van der Waals surface area contributed by atoms with Crippen molar-refractivity contribution >= 4 is 29.7 Å². The van der Waals surface area contributed by atoms with Crippen molar-refractivity contribution in [2.24, 2.45) is 17.6 Å². The highest BCUT2D eigenvalue weighted by atomic mass is 16.6. The Morgan fingerprint density at radius 2 is 1.75 bits per heavy atom. The van der Waals surface area contributed by atoms with Gasteiger partial charge in [0.25, 0.3) is 0 Å². The van der Waals surface area contributed by atoms with E-state index in [0.717, 1.165) is 5.56 Å². The number of nitrogens with one attached hydrogen (secondary N) is 1. The number of carbonyl (C=O) groups is 5. The number of nitrogens with zero attached hydrogens (tertiary/aromatic N) is 1. The Kier molecular flexibility index (Phi) is 12.6. The predicted molar refractivity (Wildman–Crippen MR) is 147 cm³/mol. The van der Waals surface area contributed by atoms with Crippen LogP contribution >= 0.6 is 0 Å². The molecule has 4 N–H and O–H groups in total. The molecular weight excluding hydrogens is 518 g/mol.